The molecule has 0 saturated heterocycles. The Morgan fingerprint density at radius 3 is 2.45 bits per heavy atom. The molecule has 102 valence electrons. The molecule has 0 fully saturated rings. The molecule has 3 nitrogen and oxygen atoms in total. The van der Waals surface area contributed by atoms with Crippen LogP contribution in [0.1, 0.15) is 21.5 Å². The number of phenolic OH excluding ortho intramolecular Hbond substituents is 1. The topological polar surface area (TPSA) is 46.5 Å². The molecule has 20 heavy (non-hydrogen) atoms. The molecule has 0 unspecified atom stereocenters. The third-order valence-corrected chi connectivity index (χ3v) is 3.02. The molecule has 0 amide bonds. The zero-order valence-electron chi connectivity index (χ0n) is 11.5. The first-order valence-corrected chi connectivity index (χ1v) is 6.26. The van der Waals surface area contributed by atoms with E-state index >= 15 is 0 Å². The highest BCUT2D eigenvalue weighted by Gasteiger charge is 2.06. The minimum atomic E-state index is -0.0849. The first kappa shape index (κ1) is 13.9. The van der Waals surface area contributed by atoms with Crippen LogP contribution in [0, 0.1) is 6.92 Å². The van der Waals surface area contributed by atoms with Gasteiger partial charge in [-0.15, -0.1) is 0 Å². The summed E-state index contributed by atoms with van der Waals surface area (Å²) in [7, 11) is 1.61. The molecule has 0 aliphatic carbocycles. The van der Waals surface area contributed by atoms with E-state index in [4.69, 9.17) is 4.74 Å². The number of methoxy groups -OCH3 is 1. The van der Waals surface area contributed by atoms with E-state index in [0.717, 1.165) is 16.9 Å². The maximum absolute atomic E-state index is 12.1. The Morgan fingerprint density at radius 2 is 1.85 bits per heavy atom. The van der Waals surface area contributed by atoms with Crippen molar-refractivity contribution in [3.05, 3.63) is 65.2 Å². The summed E-state index contributed by atoms with van der Waals surface area (Å²) in [5.74, 6) is 0.861. The number of phenols is 1. The number of hydrogen-bond donors (Lipinski definition) is 1. The summed E-state index contributed by atoms with van der Waals surface area (Å²) in [5.41, 5.74) is 2.28. The number of aryl methyl sites for hydroxylation is 1. The second-order valence-corrected chi connectivity index (χ2v) is 4.47. The van der Waals surface area contributed by atoms with Crippen molar-refractivity contribution in [2.45, 2.75) is 6.92 Å². The summed E-state index contributed by atoms with van der Waals surface area (Å²) in [6.45, 7) is 1.80. The van der Waals surface area contributed by atoms with Gasteiger partial charge in [-0.3, -0.25) is 4.79 Å². The lowest BCUT2D eigenvalue weighted by Gasteiger charge is -2.02. The van der Waals surface area contributed by atoms with Gasteiger partial charge in [0.25, 0.3) is 0 Å². The predicted octanol–water partition coefficient (Wildman–Crippen LogP) is 3.61. The minimum absolute atomic E-state index is 0.0849. The van der Waals surface area contributed by atoms with E-state index in [0.29, 0.717) is 5.56 Å². The normalized spacial score (nSPS) is 10.7. The van der Waals surface area contributed by atoms with Crippen LogP contribution in [0.4, 0.5) is 0 Å². The fraction of sp³-hybridized carbons (Fsp3) is 0.118. The average molecular weight is 268 g/mol. The van der Waals surface area contributed by atoms with Gasteiger partial charge in [-0.2, -0.15) is 0 Å². The molecule has 2 rings (SSSR count). The van der Waals surface area contributed by atoms with Crippen LogP contribution < -0.4 is 4.74 Å². The summed E-state index contributed by atoms with van der Waals surface area (Å²) in [6, 6.07) is 12.2. The van der Waals surface area contributed by atoms with E-state index in [1.165, 1.54) is 12.1 Å². The monoisotopic (exact) mass is 268 g/mol. The molecular weight excluding hydrogens is 252 g/mol. The Balaban J connectivity index is 2.15. The number of aromatic hydroxyl groups is 1. The van der Waals surface area contributed by atoms with Crippen molar-refractivity contribution in [3.8, 4) is 11.5 Å². The molecular formula is C17H16O3. The van der Waals surface area contributed by atoms with E-state index < -0.39 is 0 Å². The van der Waals surface area contributed by atoms with Crippen molar-refractivity contribution in [1.82, 2.24) is 0 Å². The first-order valence-electron chi connectivity index (χ1n) is 6.26. The van der Waals surface area contributed by atoms with Crippen molar-refractivity contribution in [1.29, 1.82) is 0 Å². The number of benzene rings is 2. The predicted molar refractivity (Wildman–Crippen MR) is 79.2 cm³/mol. The zero-order chi connectivity index (χ0) is 14.5. The standard InChI is InChI=1S/C17H16O3/c1-12-11-14(18)6-9-16(12)17(19)10-5-13-3-7-15(20-2)8-4-13/h3-11,18H,1-2H3/b10-5+. The summed E-state index contributed by atoms with van der Waals surface area (Å²) in [6.07, 6.45) is 3.29. The molecule has 2 aromatic carbocycles. The highest BCUT2D eigenvalue weighted by atomic mass is 16.5. The van der Waals surface area contributed by atoms with Crippen LogP contribution in [-0.4, -0.2) is 18.0 Å². The molecule has 0 radical (unpaired) electrons. The number of ketones is 1. The molecule has 0 saturated carbocycles. The smallest absolute Gasteiger partial charge is 0.186 e. The summed E-state index contributed by atoms with van der Waals surface area (Å²) in [5, 5.41) is 9.34. The van der Waals surface area contributed by atoms with Gasteiger partial charge in [0, 0.05) is 5.56 Å². The van der Waals surface area contributed by atoms with Gasteiger partial charge in [-0.05, 0) is 54.5 Å². The summed E-state index contributed by atoms with van der Waals surface area (Å²) in [4.78, 5) is 12.1. The van der Waals surface area contributed by atoms with Crippen LogP contribution in [0.5, 0.6) is 11.5 Å². The lowest BCUT2D eigenvalue weighted by atomic mass is 10.0. The van der Waals surface area contributed by atoms with E-state index in [2.05, 4.69) is 0 Å². The number of carbonyl (C=O) groups excluding carboxylic acids is 1. The summed E-state index contributed by atoms with van der Waals surface area (Å²) >= 11 is 0. The van der Waals surface area contributed by atoms with Gasteiger partial charge in [-0.1, -0.05) is 18.2 Å². The lowest BCUT2D eigenvalue weighted by Crippen LogP contribution is -1.97. The second-order valence-electron chi connectivity index (χ2n) is 4.47. The van der Waals surface area contributed by atoms with Gasteiger partial charge in [0.2, 0.25) is 0 Å². The maximum atomic E-state index is 12.1. The number of allylic oxidation sites excluding steroid dienone is 1. The van der Waals surface area contributed by atoms with Gasteiger partial charge in [0.1, 0.15) is 11.5 Å². The van der Waals surface area contributed by atoms with Crippen LogP contribution in [0.2, 0.25) is 0 Å². The molecule has 0 bridgehead atoms. The van der Waals surface area contributed by atoms with Gasteiger partial charge in [-0.25, -0.2) is 0 Å². The number of rotatable bonds is 4. The molecule has 0 heterocycles. The Hall–Kier alpha value is -2.55. The van der Waals surface area contributed by atoms with Crippen LogP contribution >= 0.6 is 0 Å². The van der Waals surface area contributed by atoms with Gasteiger partial charge in [0.05, 0.1) is 7.11 Å². The lowest BCUT2D eigenvalue weighted by molar-refractivity contribution is 0.104. The molecule has 0 atom stereocenters. The molecule has 1 N–H and O–H groups in total. The van der Waals surface area contributed by atoms with Crippen LogP contribution in [0.15, 0.2) is 48.5 Å². The van der Waals surface area contributed by atoms with Crippen LogP contribution in [0.3, 0.4) is 0 Å². The van der Waals surface area contributed by atoms with Crippen molar-refractivity contribution in [3.63, 3.8) is 0 Å². The SMILES string of the molecule is COc1ccc(/C=C/C(=O)c2ccc(O)cc2C)cc1. The van der Waals surface area contributed by atoms with E-state index in [9.17, 15) is 9.90 Å². The minimum Gasteiger partial charge on any atom is -0.508 e. The first-order chi connectivity index (χ1) is 9.60. The van der Waals surface area contributed by atoms with Crippen molar-refractivity contribution in [2.24, 2.45) is 0 Å². The largest absolute Gasteiger partial charge is 0.508 e. The second kappa shape index (κ2) is 6.06. The van der Waals surface area contributed by atoms with Crippen LogP contribution in [0.25, 0.3) is 6.08 Å². The number of ether oxygens (including phenoxy) is 1. The highest BCUT2D eigenvalue weighted by Crippen LogP contribution is 2.17. The average Bonchev–Trinajstić information content (AvgIpc) is 2.45. The highest BCUT2D eigenvalue weighted by molar-refractivity contribution is 6.07. The zero-order valence-corrected chi connectivity index (χ0v) is 11.5. The summed E-state index contributed by atoms with van der Waals surface area (Å²) < 4.78 is 5.08. The molecule has 0 aliphatic rings. The third-order valence-electron chi connectivity index (χ3n) is 3.02. The van der Waals surface area contributed by atoms with Crippen molar-refractivity contribution < 1.29 is 14.6 Å². The fourth-order valence-corrected chi connectivity index (χ4v) is 1.90. The molecule has 2 aromatic rings. The fourth-order valence-electron chi connectivity index (χ4n) is 1.90. The van der Waals surface area contributed by atoms with Gasteiger partial charge < -0.3 is 9.84 Å². The Labute approximate surface area is 118 Å². The van der Waals surface area contributed by atoms with Gasteiger partial charge >= 0.3 is 0 Å². The molecule has 0 spiro atoms. The number of hydrogen-bond acceptors (Lipinski definition) is 3. The van der Waals surface area contributed by atoms with E-state index in [1.807, 2.05) is 24.3 Å². The van der Waals surface area contributed by atoms with E-state index in [-0.39, 0.29) is 11.5 Å². The third kappa shape index (κ3) is 3.26. The van der Waals surface area contributed by atoms with Crippen molar-refractivity contribution in [2.75, 3.05) is 7.11 Å². The molecule has 0 aromatic heterocycles. The van der Waals surface area contributed by atoms with Crippen LogP contribution in [-0.2, 0) is 0 Å². The number of carbonyl (C=O) groups is 1. The molecule has 0 aliphatic heterocycles. The quantitative estimate of drug-likeness (QED) is 0.680. The Morgan fingerprint density at radius 1 is 1.15 bits per heavy atom. The van der Waals surface area contributed by atoms with Gasteiger partial charge in [0.15, 0.2) is 5.78 Å². The van der Waals surface area contributed by atoms with Crippen molar-refractivity contribution >= 4 is 11.9 Å². The molecule has 3 heteroatoms. The maximum Gasteiger partial charge on any atom is 0.186 e. The Bertz CT molecular complexity index is 640. The Kier molecular flexibility index (Phi) is 4.20. The van der Waals surface area contributed by atoms with E-state index in [1.54, 1.807) is 32.2 Å².